The van der Waals surface area contributed by atoms with Crippen molar-refractivity contribution >= 4 is 5.97 Å². The van der Waals surface area contributed by atoms with E-state index in [4.69, 9.17) is 4.74 Å². The zero-order chi connectivity index (χ0) is 18.6. The lowest BCUT2D eigenvalue weighted by molar-refractivity contribution is -0.133. The summed E-state index contributed by atoms with van der Waals surface area (Å²) in [6.07, 6.45) is 0. The average Bonchev–Trinajstić information content (AvgIpc) is 2.79. The van der Waals surface area contributed by atoms with Crippen molar-refractivity contribution in [2.75, 3.05) is 0 Å². The zero-order valence-corrected chi connectivity index (χ0v) is 16.4. The largest absolute Gasteiger partial charge is 0.425 e. The molecule has 0 aromatic heterocycles. The minimum atomic E-state index is -0.335. The first-order valence-electron chi connectivity index (χ1n) is 8.95. The van der Waals surface area contributed by atoms with E-state index >= 15 is 0 Å². The van der Waals surface area contributed by atoms with Gasteiger partial charge in [0.2, 0.25) is 0 Å². The maximum absolute atomic E-state index is 12.8. The summed E-state index contributed by atoms with van der Waals surface area (Å²) >= 11 is 0. The van der Waals surface area contributed by atoms with Gasteiger partial charge in [-0.1, -0.05) is 83.5 Å². The summed E-state index contributed by atoms with van der Waals surface area (Å²) in [4.78, 5) is 12.8. The van der Waals surface area contributed by atoms with Gasteiger partial charge in [-0.25, -0.2) is 0 Å². The van der Waals surface area contributed by atoms with Gasteiger partial charge in [0.15, 0.2) is 0 Å². The van der Waals surface area contributed by atoms with E-state index in [1.54, 1.807) is 0 Å². The number of esters is 1. The summed E-state index contributed by atoms with van der Waals surface area (Å²) in [7, 11) is 0. The van der Waals surface area contributed by atoms with Crippen LogP contribution in [0.25, 0.3) is 0 Å². The molecule has 2 aromatic carbocycles. The van der Waals surface area contributed by atoms with Gasteiger partial charge in [-0.2, -0.15) is 0 Å². The number of aryl methyl sites for hydroxylation is 1. The average molecular weight is 336 g/mol. The second kappa shape index (κ2) is 5.72. The van der Waals surface area contributed by atoms with Crippen molar-refractivity contribution in [2.45, 2.75) is 65.2 Å². The van der Waals surface area contributed by atoms with Crippen LogP contribution >= 0.6 is 0 Å². The lowest BCUT2D eigenvalue weighted by Crippen LogP contribution is -2.17. The van der Waals surface area contributed by atoms with Crippen LogP contribution in [-0.4, -0.2) is 5.97 Å². The molecule has 132 valence electrons. The molecule has 1 aliphatic heterocycles. The number of carbonyl (C=O) groups excluding carboxylic acids is 1. The molecule has 2 aromatic rings. The Morgan fingerprint density at radius 2 is 1.60 bits per heavy atom. The summed E-state index contributed by atoms with van der Waals surface area (Å²) < 4.78 is 5.80. The first-order chi connectivity index (χ1) is 11.5. The Morgan fingerprint density at radius 1 is 0.920 bits per heavy atom. The van der Waals surface area contributed by atoms with Crippen LogP contribution in [-0.2, 0) is 15.6 Å². The van der Waals surface area contributed by atoms with Crippen molar-refractivity contribution in [3.05, 3.63) is 64.2 Å². The Balaban J connectivity index is 2.27. The van der Waals surface area contributed by atoms with E-state index in [0.29, 0.717) is 0 Å². The second-order valence-corrected chi connectivity index (χ2v) is 9.21. The monoisotopic (exact) mass is 336 g/mol. The van der Waals surface area contributed by atoms with Crippen molar-refractivity contribution in [3.63, 3.8) is 0 Å². The molecule has 0 saturated heterocycles. The van der Waals surface area contributed by atoms with Crippen LogP contribution in [0.1, 0.15) is 75.3 Å². The summed E-state index contributed by atoms with van der Waals surface area (Å²) in [5.41, 5.74) is 5.44. The molecule has 1 heterocycles. The number of hydrogen-bond acceptors (Lipinski definition) is 2. The Morgan fingerprint density at radius 3 is 2.16 bits per heavy atom. The van der Waals surface area contributed by atoms with Crippen LogP contribution in [0.15, 0.2) is 36.4 Å². The molecule has 0 spiro atoms. The number of benzene rings is 2. The first-order valence-corrected chi connectivity index (χ1v) is 8.95. The second-order valence-electron chi connectivity index (χ2n) is 9.21. The van der Waals surface area contributed by atoms with E-state index in [0.717, 1.165) is 28.0 Å². The molecule has 0 fully saturated rings. The number of hydrogen-bond donors (Lipinski definition) is 0. The lowest BCUT2D eigenvalue weighted by atomic mass is 9.77. The molecule has 25 heavy (non-hydrogen) atoms. The molecule has 2 nitrogen and oxygen atoms in total. The molecule has 0 aliphatic carbocycles. The highest BCUT2D eigenvalue weighted by Gasteiger charge is 2.39. The predicted octanol–water partition coefficient (Wildman–Crippen LogP) is 5.64. The van der Waals surface area contributed by atoms with Gasteiger partial charge in [0.25, 0.3) is 0 Å². The molecular formula is C23H28O2. The molecule has 1 aliphatic rings. The molecule has 0 radical (unpaired) electrons. The molecule has 3 rings (SSSR count). The van der Waals surface area contributed by atoms with E-state index < -0.39 is 0 Å². The smallest absolute Gasteiger partial charge is 0.323 e. The number of carbonyl (C=O) groups is 1. The predicted molar refractivity (Wildman–Crippen MR) is 102 cm³/mol. The highest BCUT2D eigenvalue weighted by Crippen LogP contribution is 2.47. The highest BCUT2D eigenvalue weighted by atomic mass is 16.5. The molecule has 0 N–H and O–H groups in total. The van der Waals surface area contributed by atoms with Crippen LogP contribution < -0.4 is 4.74 Å². The third-order valence-corrected chi connectivity index (χ3v) is 4.92. The molecule has 0 amide bonds. The van der Waals surface area contributed by atoms with E-state index in [2.05, 4.69) is 72.7 Å². The quantitative estimate of drug-likeness (QED) is 0.497. The minimum Gasteiger partial charge on any atom is -0.425 e. The maximum Gasteiger partial charge on any atom is 0.323 e. The summed E-state index contributed by atoms with van der Waals surface area (Å²) in [5.74, 6) is 0.257. The SMILES string of the molecule is Cc1cccc(C2C(=O)Oc3c2cc(C(C)(C)C)cc3C(C)(C)C)c1. The molecule has 1 unspecified atom stereocenters. The maximum atomic E-state index is 12.8. The molecule has 2 heteroatoms. The van der Waals surface area contributed by atoms with E-state index in [9.17, 15) is 4.79 Å². The highest BCUT2D eigenvalue weighted by molar-refractivity contribution is 5.90. The van der Waals surface area contributed by atoms with Gasteiger partial charge >= 0.3 is 5.97 Å². The van der Waals surface area contributed by atoms with E-state index in [1.807, 2.05) is 12.1 Å². The minimum absolute atomic E-state index is 0.0117. The van der Waals surface area contributed by atoms with Gasteiger partial charge in [-0.3, -0.25) is 4.79 Å². The normalized spacial score (nSPS) is 17.4. The van der Waals surface area contributed by atoms with Crippen molar-refractivity contribution in [1.29, 1.82) is 0 Å². The van der Waals surface area contributed by atoms with Crippen LogP contribution in [0.5, 0.6) is 5.75 Å². The summed E-state index contributed by atoms with van der Waals surface area (Å²) in [5, 5.41) is 0. The Kier molecular flexibility index (Phi) is 4.06. The van der Waals surface area contributed by atoms with Gasteiger partial charge in [0.05, 0.1) is 0 Å². The van der Waals surface area contributed by atoms with Crippen molar-refractivity contribution < 1.29 is 9.53 Å². The number of ether oxygens (including phenoxy) is 1. The Bertz CT molecular complexity index is 832. The Labute approximate surface area is 151 Å². The van der Waals surface area contributed by atoms with E-state index in [1.165, 1.54) is 5.56 Å². The van der Waals surface area contributed by atoms with Crippen LogP contribution in [0, 0.1) is 6.92 Å². The van der Waals surface area contributed by atoms with Crippen molar-refractivity contribution in [2.24, 2.45) is 0 Å². The number of rotatable bonds is 1. The van der Waals surface area contributed by atoms with Crippen LogP contribution in [0.4, 0.5) is 0 Å². The standard InChI is InChI=1S/C23H28O2/c1-14-9-8-10-15(11-14)19-17-12-16(22(2,3)4)13-18(23(5,6)7)20(17)25-21(19)24/h8-13,19H,1-7H3. The number of fused-ring (bicyclic) bond motifs is 1. The van der Waals surface area contributed by atoms with Crippen LogP contribution in [0.2, 0.25) is 0 Å². The summed E-state index contributed by atoms with van der Waals surface area (Å²) in [6.45, 7) is 15.2. The molecular weight excluding hydrogens is 308 g/mol. The topological polar surface area (TPSA) is 26.3 Å². The van der Waals surface area contributed by atoms with Crippen molar-refractivity contribution in [3.8, 4) is 5.75 Å². The molecule has 0 bridgehead atoms. The molecule has 0 saturated carbocycles. The first kappa shape index (κ1) is 17.7. The van der Waals surface area contributed by atoms with Gasteiger partial charge in [-0.15, -0.1) is 0 Å². The third kappa shape index (κ3) is 3.22. The van der Waals surface area contributed by atoms with Crippen LogP contribution in [0.3, 0.4) is 0 Å². The summed E-state index contributed by atoms with van der Waals surface area (Å²) in [6, 6.07) is 12.5. The van der Waals surface area contributed by atoms with Crippen molar-refractivity contribution in [1.82, 2.24) is 0 Å². The van der Waals surface area contributed by atoms with Gasteiger partial charge in [0.1, 0.15) is 11.7 Å². The van der Waals surface area contributed by atoms with Gasteiger partial charge in [0, 0.05) is 11.1 Å². The lowest BCUT2D eigenvalue weighted by Gasteiger charge is -2.27. The fourth-order valence-electron chi connectivity index (χ4n) is 3.42. The molecule has 1 atom stereocenters. The fourth-order valence-corrected chi connectivity index (χ4v) is 3.42. The fraction of sp³-hybridized carbons (Fsp3) is 0.435. The van der Waals surface area contributed by atoms with Gasteiger partial charge < -0.3 is 4.74 Å². The Hall–Kier alpha value is -2.09. The van der Waals surface area contributed by atoms with Gasteiger partial charge in [-0.05, 0) is 28.9 Å². The third-order valence-electron chi connectivity index (χ3n) is 4.92. The van der Waals surface area contributed by atoms with E-state index in [-0.39, 0.29) is 22.7 Å². The zero-order valence-electron chi connectivity index (χ0n) is 16.4.